The highest BCUT2D eigenvalue weighted by molar-refractivity contribution is 4.71. The van der Waals surface area contributed by atoms with Gasteiger partial charge in [-0.05, 0) is 20.4 Å². The molecule has 1 aliphatic rings. The maximum atomic E-state index is 9.86. The van der Waals surface area contributed by atoms with E-state index in [1.807, 2.05) is 6.92 Å². The lowest BCUT2D eigenvalue weighted by atomic mass is 10.3. The Labute approximate surface area is 111 Å². The molecule has 1 saturated heterocycles. The predicted molar refractivity (Wildman–Crippen MR) is 71.9 cm³/mol. The number of likely N-dealkylation sites (N-methyl/N-ethyl adjacent to an activating group) is 1. The Morgan fingerprint density at radius 1 is 1.11 bits per heavy atom. The summed E-state index contributed by atoms with van der Waals surface area (Å²) in [7, 11) is 2.13. The molecule has 1 aliphatic heterocycles. The highest BCUT2D eigenvalue weighted by Crippen LogP contribution is 2.01. The Balaban J connectivity index is 1.95. The molecule has 18 heavy (non-hydrogen) atoms. The van der Waals surface area contributed by atoms with Crippen molar-refractivity contribution in [2.45, 2.75) is 19.4 Å². The van der Waals surface area contributed by atoms with Gasteiger partial charge < -0.3 is 19.5 Å². The molecule has 1 N–H and O–H groups in total. The fourth-order valence-corrected chi connectivity index (χ4v) is 2.01. The van der Waals surface area contributed by atoms with E-state index < -0.39 is 0 Å². The van der Waals surface area contributed by atoms with Gasteiger partial charge in [0, 0.05) is 52.5 Å². The number of β-amino-alcohol motifs (C(OH)–C–C–N with tert-alkyl or cyclic N) is 1. The molecule has 0 aromatic carbocycles. The van der Waals surface area contributed by atoms with Crippen molar-refractivity contribution in [3.05, 3.63) is 0 Å². The maximum absolute atomic E-state index is 9.86. The second kappa shape index (κ2) is 9.69. The van der Waals surface area contributed by atoms with Crippen molar-refractivity contribution in [2.75, 3.05) is 66.2 Å². The summed E-state index contributed by atoms with van der Waals surface area (Å²) >= 11 is 0. The van der Waals surface area contributed by atoms with Gasteiger partial charge in [-0.2, -0.15) is 0 Å². The van der Waals surface area contributed by atoms with Crippen LogP contribution >= 0.6 is 0 Å². The molecule has 1 unspecified atom stereocenters. The summed E-state index contributed by atoms with van der Waals surface area (Å²) in [6, 6.07) is 0. The zero-order valence-electron chi connectivity index (χ0n) is 11.8. The number of nitrogens with zero attached hydrogens (tertiary/aromatic N) is 2. The zero-order chi connectivity index (χ0) is 13.2. The maximum Gasteiger partial charge on any atom is 0.0900 e. The zero-order valence-corrected chi connectivity index (χ0v) is 11.8. The van der Waals surface area contributed by atoms with Crippen molar-refractivity contribution in [1.82, 2.24) is 9.80 Å². The normalized spacial score (nSPS) is 20.2. The lowest BCUT2D eigenvalue weighted by Gasteiger charge is -2.33. The summed E-state index contributed by atoms with van der Waals surface area (Å²) in [4.78, 5) is 4.61. The Morgan fingerprint density at radius 2 is 1.78 bits per heavy atom. The van der Waals surface area contributed by atoms with Gasteiger partial charge in [-0.3, -0.25) is 4.90 Å². The van der Waals surface area contributed by atoms with Crippen molar-refractivity contribution in [1.29, 1.82) is 0 Å². The first-order valence-corrected chi connectivity index (χ1v) is 6.96. The number of hydrogen-bond donors (Lipinski definition) is 1. The van der Waals surface area contributed by atoms with E-state index in [4.69, 9.17) is 9.47 Å². The molecule has 5 nitrogen and oxygen atoms in total. The van der Waals surface area contributed by atoms with Crippen LogP contribution in [0.25, 0.3) is 0 Å². The summed E-state index contributed by atoms with van der Waals surface area (Å²) < 4.78 is 10.7. The third-order valence-electron chi connectivity index (χ3n) is 3.16. The van der Waals surface area contributed by atoms with E-state index in [-0.39, 0.29) is 6.10 Å². The van der Waals surface area contributed by atoms with Crippen LogP contribution < -0.4 is 0 Å². The molecule has 0 bridgehead atoms. The van der Waals surface area contributed by atoms with Gasteiger partial charge >= 0.3 is 0 Å². The molecular weight excluding hydrogens is 232 g/mol. The van der Waals surface area contributed by atoms with Crippen molar-refractivity contribution >= 4 is 0 Å². The van der Waals surface area contributed by atoms with Gasteiger partial charge in [0.2, 0.25) is 0 Å². The van der Waals surface area contributed by atoms with Crippen LogP contribution in [0.1, 0.15) is 13.3 Å². The van der Waals surface area contributed by atoms with Crippen molar-refractivity contribution < 1.29 is 14.6 Å². The lowest BCUT2D eigenvalue weighted by Crippen LogP contribution is -2.47. The Hall–Kier alpha value is -0.200. The summed E-state index contributed by atoms with van der Waals surface area (Å²) in [5.74, 6) is 0. The van der Waals surface area contributed by atoms with Crippen LogP contribution in [0, 0.1) is 0 Å². The highest BCUT2D eigenvalue weighted by Gasteiger charge is 2.16. The minimum absolute atomic E-state index is 0.375. The van der Waals surface area contributed by atoms with Gasteiger partial charge in [0.05, 0.1) is 12.7 Å². The monoisotopic (exact) mass is 260 g/mol. The van der Waals surface area contributed by atoms with E-state index in [2.05, 4.69) is 16.8 Å². The van der Waals surface area contributed by atoms with Crippen LogP contribution in [-0.2, 0) is 9.47 Å². The summed E-state index contributed by atoms with van der Waals surface area (Å²) in [6.45, 7) is 9.55. The smallest absolute Gasteiger partial charge is 0.0900 e. The second-order valence-corrected chi connectivity index (χ2v) is 4.88. The second-order valence-electron chi connectivity index (χ2n) is 4.88. The molecule has 0 spiro atoms. The standard InChI is InChI=1S/C13H28N2O3/c1-3-17-9-4-10-18-12-13(16)11-15-7-5-14(2)6-8-15/h13,16H,3-12H2,1-2H3. The molecule has 0 amide bonds. The molecule has 1 fully saturated rings. The van der Waals surface area contributed by atoms with E-state index in [1.54, 1.807) is 0 Å². The average molecular weight is 260 g/mol. The fourth-order valence-electron chi connectivity index (χ4n) is 2.01. The van der Waals surface area contributed by atoms with Crippen LogP contribution in [-0.4, -0.2) is 87.2 Å². The third-order valence-corrected chi connectivity index (χ3v) is 3.16. The van der Waals surface area contributed by atoms with E-state index in [1.165, 1.54) is 0 Å². The largest absolute Gasteiger partial charge is 0.389 e. The lowest BCUT2D eigenvalue weighted by molar-refractivity contribution is 0.00279. The summed E-state index contributed by atoms with van der Waals surface area (Å²) in [6.07, 6.45) is 0.523. The Bertz CT molecular complexity index is 197. The third kappa shape index (κ3) is 7.28. The van der Waals surface area contributed by atoms with E-state index in [0.29, 0.717) is 13.2 Å². The number of piperazine rings is 1. The van der Waals surface area contributed by atoms with E-state index in [9.17, 15) is 5.11 Å². The molecule has 0 radical (unpaired) electrons. The molecule has 1 rings (SSSR count). The quantitative estimate of drug-likeness (QED) is 0.593. The first-order valence-electron chi connectivity index (χ1n) is 6.96. The van der Waals surface area contributed by atoms with Crippen LogP contribution in [0.2, 0.25) is 0 Å². The van der Waals surface area contributed by atoms with Gasteiger partial charge in [0.25, 0.3) is 0 Å². The van der Waals surface area contributed by atoms with Crippen LogP contribution in [0.4, 0.5) is 0 Å². The van der Waals surface area contributed by atoms with E-state index >= 15 is 0 Å². The topological polar surface area (TPSA) is 45.2 Å². The molecule has 1 atom stereocenters. The van der Waals surface area contributed by atoms with Crippen molar-refractivity contribution in [2.24, 2.45) is 0 Å². The Morgan fingerprint density at radius 3 is 2.44 bits per heavy atom. The number of ether oxygens (including phenoxy) is 2. The molecule has 1 heterocycles. The summed E-state index contributed by atoms with van der Waals surface area (Å²) in [5.41, 5.74) is 0. The molecule has 5 heteroatoms. The molecule has 0 aliphatic carbocycles. The minimum atomic E-state index is -0.375. The first kappa shape index (κ1) is 15.9. The van der Waals surface area contributed by atoms with Crippen molar-refractivity contribution in [3.63, 3.8) is 0 Å². The molecule has 0 aromatic heterocycles. The first-order chi connectivity index (χ1) is 8.72. The number of rotatable bonds is 9. The highest BCUT2D eigenvalue weighted by atomic mass is 16.5. The summed E-state index contributed by atoms with van der Waals surface area (Å²) in [5, 5.41) is 9.86. The molecular formula is C13H28N2O3. The molecule has 0 saturated carbocycles. The molecule has 108 valence electrons. The van der Waals surface area contributed by atoms with Crippen LogP contribution in [0.15, 0.2) is 0 Å². The minimum Gasteiger partial charge on any atom is -0.389 e. The Kier molecular flexibility index (Phi) is 8.54. The number of aliphatic hydroxyl groups is 1. The van der Waals surface area contributed by atoms with Crippen LogP contribution in [0.5, 0.6) is 0 Å². The van der Waals surface area contributed by atoms with E-state index in [0.717, 1.165) is 52.4 Å². The number of hydrogen-bond acceptors (Lipinski definition) is 5. The van der Waals surface area contributed by atoms with Gasteiger partial charge in [0.15, 0.2) is 0 Å². The fraction of sp³-hybridized carbons (Fsp3) is 1.00. The van der Waals surface area contributed by atoms with Gasteiger partial charge in [0.1, 0.15) is 0 Å². The SMILES string of the molecule is CCOCCCOCC(O)CN1CCN(C)CC1. The number of aliphatic hydroxyl groups excluding tert-OH is 1. The van der Waals surface area contributed by atoms with Crippen molar-refractivity contribution in [3.8, 4) is 0 Å². The van der Waals surface area contributed by atoms with Gasteiger partial charge in [-0.15, -0.1) is 0 Å². The van der Waals surface area contributed by atoms with Crippen LogP contribution in [0.3, 0.4) is 0 Å². The average Bonchev–Trinajstić information content (AvgIpc) is 2.36. The molecule has 0 aromatic rings. The predicted octanol–water partition coefficient (Wildman–Crippen LogP) is 0.0379. The van der Waals surface area contributed by atoms with Gasteiger partial charge in [-0.1, -0.05) is 0 Å². The van der Waals surface area contributed by atoms with Gasteiger partial charge in [-0.25, -0.2) is 0 Å².